The highest BCUT2D eigenvalue weighted by molar-refractivity contribution is 5.74. The van der Waals surface area contributed by atoms with Crippen LogP contribution in [0.2, 0.25) is 0 Å². The summed E-state index contributed by atoms with van der Waals surface area (Å²) in [6, 6.07) is 11.8. The van der Waals surface area contributed by atoms with Crippen molar-refractivity contribution in [3.05, 3.63) is 65.0 Å². The highest BCUT2D eigenvalue weighted by Crippen LogP contribution is 2.08. The number of pyridine rings is 1. The molecule has 0 amide bonds. The summed E-state index contributed by atoms with van der Waals surface area (Å²) >= 11 is 0. The van der Waals surface area contributed by atoms with Crippen LogP contribution in [0.15, 0.2) is 42.6 Å². The molecule has 0 aliphatic rings. The fourth-order valence-electron chi connectivity index (χ4n) is 1.83. The van der Waals surface area contributed by atoms with Crippen LogP contribution < -0.4 is 0 Å². The highest BCUT2D eigenvalue weighted by Gasteiger charge is 1.98. The Morgan fingerprint density at radius 2 is 2.06 bits per heavy atom. The molecule has 0 saturated heterocycles. The summed E-state index contributed by atoms with van der Waals surface area (Å²) in [6.07, 6.45) is 4.54. The minimum Gasteiger partial charge on any atom is -0.298 e. The van der Waals surface area contributed by atoms with Crippen LogP contribution in [0.25, 0.3) is 0 Å². The summed E-state index contributed by atoms with van der Waals surface area (Å²) < 4.78 is 0. The molecule has 0 saturated carbocycles. The van der Waals surface area contributed by atoms with Gasteiger partial charge in [-0.25, -0.2) is 0 Å². The normalized spacial score (nSPS) is 10.2. The maximum absolute atomic E-state index is 10.7. The molecule has 0 radical (unpaired) electrons. The smallest absolute Gasteiger partial charge is 0.150 e. The molecule has 0 atom stereocenters. The lowest BCUT2D eigenvalue weighted by Gasteiger charge is -2.03. The summed E-state index contributed by atoms with van der Waals surface area (Å²) in [7, 11) is 0. The van der Waals surface area contributed by atoms with Gasteiger partial charge >= 0.3 is 0 Å². The lowest BCUT2D eigenvalue weighted by molar-refractivity contribution is 0.112. The van der Waals surface area contributed by atoms with Crippen LogP contribution in [-0.4, -0.2) is 11.3 Å². The van der Waals surface area contributed by atoms with Crippen molar-refractivity contribution in [1.82, 2.24) is 4.98 Å². The lowest BCUT2D eigenvalue weighted by Crippen LogP contribution is -1.95. The van der Waals surface area contributed by atoms with Gasteiger partial charge in [0, 0.05) is 17.5 Å². The van der Waals surface area contributed by atoms with Gasteiger partial charge in [0.05, 0.1) is 0 Å². The number of benzene rings is 1. The van der Waals surface area contributed by atoms with Gasteiger partial charge in [0.1, 0.15) is 6.29 Å². The van der Waals surface area contributed by atoms with Gasteiger partial charge in [-0.05, 0) is 49.1 Å². The third-order valence-corrected chi connectivity index (χ3v) is 2.73. The molecular formula is C15H15NO. The Morgan fingerprint density at radius 1 is 1.18 bits per heavy atom. The SMILES string of the molecule is Cc1ccnc(CCc2cccc(C=O)c2)c1. The second-order valence-electron chi connectivity index (χ2n) is 4.19. The van der Waals surface area contributed by atoms with Crippen molar-refractivity contribution >= 4 is 6.29 Å². The van der Waals surface area contributed by atoms with Crippen molar-refractivity contribution in [2.24, 2.45) is 0 Å². The zero-order chi connectivity index (χ0) is 12.1. The Morgan fingerprint density at radius 3 is 2.82 bits per heavy atom. The van der Waals surface area contributed by atoms with Gasteiger partial charge < -0.3 is 0 Å². The molecule has 1 aromatic carbocycles. The molecule has 86 valence electrons. The van der Waals surface area contributed by atoms with Gasteiger partial charge in [0.25, 0.3) is 0 Å². The largest absolute Gasteiger partial charge is 0.298 e. The first-order chi connectivity index (χ1) is 8.28. The number of aldehydes is 1. The zero-order valence-corrected chi connectivity index (χ0v) is 9.89. The third-order valence-electron chi connectivity index (χ3n) is 2.73. The number of nitrogens with zero attached hydrogens (tertiary/aromatic N) is 1. The standard InChI is InChI=1S/C15H15NO/c1-12-7-8-16-15(9-12)6-5-13-3-2-4-14(10-13)11-17/h2-4,7-11H,5-6H2,1H3. The van der Waals surface area contributed by atoms with Crippen molar-refractivity contribution in [2.45, 2.75) is 19.8 Å². The first-order valence-electron chi connectivity index (χ1n) is 5.73. The number of carbonyl (C=O) groups excluding carboxylic acids is 1. The fourth-order valence-corrected chi connectivity index (χ4v) is 1.83. The van der Waals surface area contributed by atoms with Crippen molar-refractivity contribution in [1.29, 1.82) is 0 Å². The number of rotatable bonds is 4. The molecule has 0 aliphatic heterocycles. The van der Waals surface area contributed by atoms with Gasteiger partial charge in [-0.1, -0.05) is 18.2 Å². The number of aryl methyl sites for hydroxylation is 3. The predicted octanol–water partition coefficient (Wildman–Crippen LogP) is 2.99. The van der Waals surface area contributed by atoms with Crippen molar-refractivity contribution in [2.75, 3.05) is 0 Å². The molecule has 0 fully saturated rings. The summed E-state index contributed by atoms with van der Waals surface area (Å²) in [6.45, 7) is 2.07. The summed E-state index contributed by atoms with van der Waals surface area (Å²) in [4.78, 5) is 15.0. The van der Waals surface area contributed by atoms with E-state index in [9.17, 15) is 4.79 Å². The molecule has 2 rings (SSSR count). The molecule has 0 N–H and O–H groups in total. The molecule has 0 aliphatic carbocycles. The van der Waals surface area contributed by atoms with E-state index in [0.29, 0.717) is 0 Å². The van der Waals surface area contributed by atoms with Gasteiger partial charge in [-0.2, -0.15) is 0 Å². The fraction of sp³-hybridized carbons (Fsp3) is 0.200. The molecule has 1 heterocycles. The Kier molecular flexibility index (Phi) is 3.66. The van der Waals surface area contributed by atoms with E-state index in [1.807, 2.05) is 36.5 Å². The molecule has 0 unspecified atom stereocenters. The molecule has 2 aromatic rings. The molecule has 1 aromatic heterocycles. The first-order valence-corrected chi connectivity index (χ1v) is 5.73. The van der Waals surface area contributed by atoms with E-state index in [2.05, 4.69) is 18.0 Å². The second kappa shape index (κ2) is 5.39. The minimum absolute atomic E-state index is 0.736. The Labute approximate surface area is 101 Å². The minimum atomic E-state index is 0.736. The molecule has 2 nitrogen and oxygen atoms in total. The number of aromatic nitrogens is 1. The van der Waals surface area contributed by atoms with Crippen LogP contribution >= 0.6 is 0 Å². The summed E-state index contributed by atoms with van der Waals surface area (Å²) in [5.41, 5.74) is 4.25. The van der Waals surface area contributed by atoms with E-state index < -0.39 is 0 Å². The van der Waals surface area contributed by atoms with Crippen molar-refractivity contribution < 1.29 is 4.79 Å². The van der Waals surface area contributed by atoms with E-state index >= 15 is 0 Å². The van der Waals surface area contributed by atoms with E-state index in [0.717, 1.165) is 30.4 Å². The Hall–Kier alpha value is -1.96. The summed E-state index contributed by atoms with van der Waals surface area (Å²) in [5.74, 6) is 0. The highest BCUT2D eigenvalue weighted by atomic mass is 16.1. The first kappa shape index (κ1) is 11.5. The average Bonchev–Trinajstić information content (AvgIpc) is 2.37. The maximum Gasteiger partial charge on any atom is 0.150 e. The average molecular weight is 225 g/mol. The second-order valence-corrected chi connectivity index (χ2v) is 4.19. The van der Waals surface area contributed by atoms with Gasteiger partial charge in [0.15, 0.2) is 0 Å². The van der Waals surface area contributed by atoms with Gasteiger partial charge in [-0.15, -0.1) is 0 Å². The van der Waals surface area contributed by atoms with Crippen LogP contribution in [0.5, 0.6) is 0 Å². The van der Waals surface area contributed by atoms with Crippen LogP contribution in [-0.2, 0) is 12.8 Å². The van der Waals surface area contributed by atoms with E-state index in [4.69, 9.17) is 0 Å². The van der Waals surface area contributed by atoms with Crippen molar-refractivity contribution in [3.63, 3.8) is 0 Å². The third kappa shape index (κ3) is 3.25. The Bertz CT molecular complexity index is 520. The summed E-state index contributed by atoms with van der Waals surface area (Å²) in [5, 5.41) is 0. The molecule has 2 heteroatoms. The number of carbonyl (C=O) groups is 1. The number of hydrogen-bond acceptors (Lipinski definition) is 2. The maximum atomic E-state index is 10.7. The molecular weight excluding hydrogens is 210 g/mol. The van der Waals surface area contributed by atoms with E-state index in [-0.39, 0.29) is 0 Å². The number of hydrogen-bond donors (Lipinski definition) is 0. The van der Waals surface area contributed by atoms with E-state index in [1.165, 1.54) is 11.1 Å². The lowest BCUT2D eigenvalue weighted by atomic mass is 10.0. The van der Waals surface area contributed by atoms with Crippen LogP contribution in [0.1, 0.15) is 27.2 Å². The van der Waals surface area contributed by atoms with Crippen LogP contribution in [0.3, 0.4) is 0 Å². The van der Waals surface area contributed by atoms with Gasteiger partial charge in [0.2, 0.25) is 0 Å². The Balaban J connectivity index is 2.04. The van der Waals surface area contributed by atoms with Crippen LogP contribution in [0.4, 0.5) is 0 Å². The topological polar surface area (TPSA) is 30.0 Å². The molecule has 17 heavy (non-hydrogen) atoms. The molecule has 0 spiro atoms. The van der Waals surface area contributed by atoms with Crippen molar-refractivity contribution in [3.8, 4) is 0 Å². The predicted molar refractivity (Wildman–Crippen MR) is 68.2 cm³/mol. The van der Waals surface area contributed by atoms with Gasteiger partial charge in [-0.3, -0.25) is 9.78 Å². The monoisotopic (exact) mass is 225 g/mol. The van der Waals surface area contributed by atoms with E-state index in [1.54, 1.807) is 0 Å². The van der Waals surface area contributed by atoms with Crippen LogP contribution in [0, 0.1) is 6.92 Å². The zero-order valence-electron chi connectivity index (χ0n) is 9.89. The molecule has 0 bridgehead atoms. The quantitative estimate of drug-likeness (QED) is 0.749.